The lowest BCUT2D eigenvalue weighted by molar-refractivity contribution is -0.128. The standard InChI is InChI=1S/C10H19NO2/c1-10(13)6-11(7-10)8-4-2-3-5-9(8)12/h8-9,12-13H,2-7H2,1H3. The van der Waals surface area contributed by atoms with Crippen molar-refractivity contribution in [1.29, 1.82) is 0 Å². The van der Waals surface area contributed by atoms with Gasteiger partial charge >= 0.3 is 0 Å². The molecule has 1 aliphatic carbocycles. The molecule has 2 fully saturated rings. The summed E-state index contributed by atoms with van der Waals surface area (Å²) >= 11 is 0. The smallest absolute Gasteiger partial charge is 0.0872 e. The third-order valence-electron chi connectivity index (χ3n) is 3.25. The van der Waals surface area contributed by atoms with Crippen LogP contribution in [0.3, 0.4) is 0 Å². The minimum Gasteiger partial charge on any atom is -0.391 e. The van der Waals surface area contributed by atoms with E-state index in [1.807, 2.05) is 6.92 Å². The van der Waals surface area contributed by atoms with Gasteiger partial charge in [-0.2, -0.15) is 0 Å². The van der Waals surface area contributed by atoms with Crippen molar-refractivity contribution < 1.29 is 10.2 Å². The van der Waals surface area contributed by atoms with Crippen molar-refractivity contribution in [2.45, 2.75) is 50.4 Å². The summed E-state index contributed by atoms with van der Waals surface area (Å²) in [6, 6.07) is 0.314. The molecule has 0 radical (unpaired) electrons. The molecule has 13 heavy (non-hydrogen) atoms. The Labute approximate surface area is 79.4 Å². The molecular weight excluding hydrogens is 166 g/mol. The van der Waals surface area contributed by atoms with Gasteiger partial charge in [-0.1, -0.05) is 12.8 Å². The van der Waals surface area contributed by atoms with E-state index in [4.69, 9.17) is 0 Å². The van der Waals surface area contributed by atoms with Crippen LogP contribution in [-0.2, 0) is 0 Å². The molecule has 0 spiro atoms. The number of rotatable bonds is 1. The SMILES string of the molecule is CC1(O)CN(C2CCCCC2O)C1. The van der Waals surface area contributed by atoms with Crippen molar-refractivity contribution in [2.75, 3.05) is 13.1 Å². The number of aliphatic hydroxyl groups excluding tert-OH is 1. The van der Waals surface area contributed by atoms with Crippen LogP contribution >= 0.6 is 0 Å². The first-order valence-electron chi connectivity index (χ1n) is 5.23. The van der Waals surface area contributed by atoms with E-state index in [0.29, 0.717) is 6.04 Å². The summed E-state index contributed by atoms with van der Waals surface area (Å²) in [5.74, 6) is 0. The lowest BCUT2D eigenvalue weighted by Gasteiger charge is -2.50. The Balaban J connectivity index is 1.87. The molecule has 2 unspecified atom stereocenters. The zero-order chi connectivity index (χ0) is 9.47. The van der Waals surface area contributed by atoms with Crippen molar-refractivity contribution in [3.8, 4) is 0 Å². The van der Waals surface area contributed by atoms with Crippen LogP contribution in [0, 0.1) is 0 Å². The zero-order valence-electron chi connectivity index (χ0n) is 8.24. The highest BCUT2D eigenvalue weighted by molar-refractivity contribution is 4.97. The summed E-state index contributed by atoms with van der Waals surface area (Å²) in [5, 5.41) is 19.3. The van der Waals surface area contributed by atoms with Crippen molar-refractivity contribution in [2.24, 2.45) is 0 Å². The third kappa shape index (κ3) is 1.87. The second-order valence-electron chi connectivity index (χ2n) is 4.82. The molecule has 0 aromatic heterocycles. The Morgan fingerprint density at radius 1 is 1.23 bits per heavy atom. The van der Waals surface area contributed by atoms with Crippen LogP contribution in [0.2, 0.25) is 0 Å². The molecule has 0 bridgehead atoms. The minimum atomic E-state index is -0.503. The van der Waals surface area contributed by atoms with Crippen LogP contribution < -0.4 is 0 Å². The maximum absolute atomic E-state index is 9.75. The van der Waals surface area contributed by atoms with E-state index in [-0.39, 0.29) is 6.10 Å². The van der Waals surface area contributed by atoms with E-state index in [9.17, 15) is 10.2 Å². The van der Waals surface area contributed by atoms with Gasteiger partial charge in [0.2, 0.25) is 0 Å². The molecule has 0 aromatic rings. The van der Waals surface area contributed by atoms with E-state index in [0.717, 1.165) is 32.4 Å². The highest BCUT2D eigenvalue weighted by atomic mass is 16.3. The number of hydrogen-bond acceptors (Lipinski definition) is 3. The molecule has 1 saturated carbocycles. The Bertz CT molecular complexity index is 185. The van der Waals surface area contributed by atoms with Crippen molar-refractivity contribution in [1.82, 2.24) is 4.90 Å². The fourth-order valence-electron chi connectivity index (χ4n) is 2.58. The highest BCUT2D eigenvalue weighted by Gasteiger charge is 2.42. The molecule has 2 rings (SSSR count). The van der Waals surface area contributed by atoms with Crippen LogP contribution in [0.15, 0.2) is 0 Å². The molecule has 3 nitrogen and oxygen atoms in total. The van der Waals surface area contributed by atoms with E-state index in [1.165, 1.54) is 6.42 Å². The van der Waals surface area contributed by atoms with Gasteiger partial charge < -0.3 is 10.2 Å². The molecule has 0 aromatic carbocycles. The van der Waals surface area contributed by atoms with E-state index >= 15 is 0 Å². The van der Waals surface area contributed by atoms with Gasteiger partial charge in [-0.05, 0) is 19.8 Å². The van der Waals surface area contributed by atoms with Crippen molar-refractivity contribution in [3.05, 3.63) is 0 Å². The lowest BCUT2D eigenvalue weighted by Crippen LogP contribution is -2.65. The summed E-state index contributed by atoms with van der Waals surface area (Å²) in [7, 11) is 0. The first kappa shape index (κ1) is 9.44. The average Bonchev–Trinajstić information content (AvgIpc) is 2.01. The summed E-state index contributed by atoms with van der Waals surface area (Å²) in [4.78, 5) is 2.21. The van der Waals surface area contributed by atoms with Gasteiger partial charge in [0.15, 0.2) is 0 Å². The predicted molar refractivity (Wildman–Crippen MR) is 50.5 cm³/mol. The van der Waals surface area contributed by atoms with Gasteiger partial charge in [0, 0.05) is 19.1 Å². The first-order valence-corrected chi connectivity index (χ1v) is 5.23. The van der Waals surface area contributed by atoms with E-state index in [1.54, 1.807) is 0 Å². The van der Waals surface area contributed by atoms with Gasteiger partial charge in [0.1, 0.15) is 0 Å². The van der Waals surface area contributed by atoms with Gasteiger partial charge in [-0.25, -0.2) is 0 Å². The highest BCUT2D eigenvalue weighted by Crippen LogP contribution is 2.30. The van der Waals surface area contributed by atoms with Crippen LogP contribution in [-0.4, -0.2) is 45.9 Å². The maximum Gasteiger partial charge on any atom is 0.0872 e. The first-order chi connectivity index (χ1) is 6.08. The van der Waals surface area contributed by atoms with Crippen molar-refractivity contribution >= 4 is 0 Å². The molecule has 3 heteroatoms. The predicted octanol–water partition coefficient (Wildman–Crippen LogP) is 0.357. The number of nitrogens with zero attached hydrogens (tertiary/aromatic N) is 1. The van der Waals surface area contributed by atoms with Gasteiger partial charge in [-0.3, -0.25) is 4.90 Å². The van der Waals surface area contributed by atoms with Gasteiger partial charge in [0.25, 0.3) is 0 Å². The number of likely N-dealkylation sites (tertiary alicyclic amines) is 1. The van der Waals surface area contributed by atoms with E-state index < -0.39 is 5.60 Å². The quantitative estimate of drug-likeness (QED) is 0.620. The molecule has 1 aliphatic heterocycles. The number of aliphatic hydroxyl groups is 2. The summed E-state index contributed by atoms with van der Waals surface area (Å²) in [6.45, 7) is 3.32. The second-order valence-corrected chi connectivity index (χ2v) is 4.82. The molecule has 2 N–H and O–H groups in total. The molecule has 1 heterocycles. The van der Waals surface area contributed by atoms with Crippen LogP contribution in [0.1, 0.15) is 32.6 Å². The van der Waals surface area contributed by atoms with Crippen LogP contribution in [0.4, 0.5) is 0 Å². The Morgan fingerprint density at radius 2 is 1.85 bits per heavy atom. The molecule has 2 atom stereocenters. The largest absolute Gasteiger partial charge is 0.391 e. The normalized spacial score (nSPS) is 39.9. The van der Waals surface area contributed by atoms with Gasteiger partial charge in [0.05, 0.1) is 11.7 Å². The van der Waals surface area contributed by atoms with Crippen LogP contribution in [0.5, 0.6) is 0 Å². The fourth-order valence-corrected chi connectivity index (χ4v) is 2.58. The second kappa shape index (κ2) is 3.23. The van der Waals surface area contributed by atoms with Gasteiger partial charge in [-0.15, -0.1) is 0 Å². The minimum absolute atomic E-state index is 0.162. The molecule has 2 aliphatic rings. The Morgan fingerprint density at radius 3 is 2.38 bits per heavy atom. The topological polar surface area (TPSA) is 43.7 Å². The Kier molecular flexibility index (Phi) is 2.34. The maximum atomic E-state index is 9.75. The lowest BCUT2D eigenvalue weighted by atomic mass is 9.86. The summed E-state index contributed by atoms with van der Waals surface area (Å²) in [5.41, 5.74) is -0.503. The molecule has 76 valence electrons. The van der Waals surface area contributed by atoms with Crippen molar-refractivity contribution in [3.63, 3.8) is 0 Å². The third-order valence-corrected chi connectivity index (χ3v) is 3.25. The summed E-state index contributed by atoms with van der Waals surface area (Å²) < 4.78 is 0. The number of hydrogen-bond donors (Lipinski definition) is 2. The van der Waals surface area contributed by atoms with E-state index in [2.05, 4.69) is 4.90 Å². The molecule has 1 saturated heterocycles. The number of β-amino-alcohol motifs (C(OH)–C–C–N with tert-alkyl or cyclic N) is 1. The summed E-state index contributed by atoms with van der Waals surface area (Å²) in [6.07, 6.45) is 4.24. The molecule has 0 amide bonds. The average molecular weight is 185 g/mol. The Hall–Kier alpha value is -0.120. The monoisotopic (exact) mass is 185 g/mol. The van der Waals surface area contributed by atoms with Crippen LogP contribution in [0.25, 0.3) is 0 Å². The zero-order valence-corrected chi connectivity index (χ0v) is 8.24. The molecular formula is C10H19NO2. The fraction of sp³-hybridized carbons (Fsp3) is 1.00.